The number of nitrogens with zero attached hydrogens (tertiary/aromatic N) is 1. The molecule has 1 aliphatic rings. The summed E-state index contributed by atoms with van der Waals surface area (Å²) in [5, 5.41) is 0. The van der Waals surface area contributed by atoms with Gasteiger partial charge in [0.15, 0.2) is 0 Å². The lowest BCUT2D eigenvalue weighted by Gasteiger charge is -2.25. The molecule has 1 fully saturated rings. The molecule has 5 heteroatoms. The zero-order valence-corrected chi connectivity index (χ0v) is 12.5. The summed E-state index contributed by atoms with van der Waals surface area (Å²) >= 11 is 5.25. The lowest BCUT2D eigenvalue weighted by molar-refractivity contribution is -0.129. The van der Waals surface area contributed by atoms with Crippen LogP contribution >= 0.6 is 27.3 Å². The average Bonchev–Trinajstić information content (AvgIpc) is 2.70. The Kier molecular flexibility index (Phi) is 3.90. The number of aryl methyl sites for hydroxylation is 1. The largest absolute Gasteiger partial charge is 0.333 e. The summed E-state index contributed by atoms with van der Waals surface area (Å²) in [7, 11) is 0. The number of nitrogens with two attached hydrogens (primary N) is 1. The summed E-state index contributed by atoms with van der Waals surface area (Å²) in [6.45, 7) is 4.96. The molecule has 2 rings (SSSR count). The molecule has 94 valence electrons. The number of likely N-dealkylation sites (tertiary alicyclic amines) is 1. The Bertz CT molecular complexity index is 413. The van der Waals surface area contributed by atoms with Crippen LogP contribution in [0, 0.1) is 6.92 Å². The molecular weight excluding hydrogens is 300 g/mol. The Labute approximate surface area is 114 Å². The third-order valence-corrected chi connectivity index (χ3v) is 5.31. The van der Waals surface area contributed by atoms with Gasteiger partial charge >= 0.3 is 0 Å². The van der Waals surface area contributed by atoms with E-state index in [0.29, 0.717) is 6.42 Å². The second kappa shape index (κ2) is 5.08. The highest BCUT2D eigenvalue weighted by molar-refractivity contribution is 9.10. The van der Waals surface area contributed by atoms with Crippen molar-refractivity contribution in [1.82, 2.24) is 4.90 Å². The third-order valence-electron chi connectivity index (χ3n) is 3.10. The van der Waals surface area contributed by atoms with Crippen molar-refractivity contribution in [3.8, 4) is 0 Å². The van der Waals surface area contributed by atoms with Gasteiger partial charge in [0.05, 0.1) is 6.04 Å². The predicted molar refractivity (Wildman–Crippen MR) is 74.1 cm³/mol. The van der Waals surface area contributed by atoms with Crippen molar-refractivity contribution in [2.45, 2.75) is 38.8 Å². The molecular formula is C12H17BrN2OS. The zero-order valence-electron chi connectivity index (χ0n) is 10.1. The smallest absolute Gasteiger partial charge is 0.224 e. The van der Waals surface area contributed by atoms with E-state index in [1.54, 1.807) is 11.3 Å². The first kappa shape index (κ1) is 13.1. The molecule has 2 heterocycles. The van der Waals surface area contributed by atoms with Gasteiger partial charge in [-0.3, -0.25) is 4.79 Å². The van der Waals surface area contributed by atoms with Crippen LogP contribution in [0.2, 0.25) is 0 Å². The van der Waals surface area contributed by atoms with Crippen molar-refractivity contribution >= 4 is 33.2 Å². The average molecular weight is 317 g/mol. The number of rotatable bonds is 3. The second-order valence-electron chi connectivity index (χ2n) is 4.45. The summed E-state index contributed by atoms with van der Waals surface area (Å²) in [4.78, 5) is 16.3. The van der Waals surface area contributed by atoms with Crippen LogP contribution in [0.4, 0.5) is 0 Å². The number of hydrogen-bond donors (Lipinski definition) is 1. The molecule has 0 spiro atoms. The van der Waals surface area contributed by atoms with E-state index < -0.39 is 0 Å². The number of thiophene rings is 1. The predicted octanol–water partition coefficient (Wildman–Crippen LogP) is 2.83. The van der Waals surface area contributed by atoms with Gasteiger partial charge in [-0.2, -0.15) is 0 Å². The quantitative estimate of drug-likeness (QED) is 0.932. The third kappa shape index (κ3) is 2.41. The molecule has 0 bridgehead atoms. The van der Waals surface area contributed by atoms with Gasteiger partial charge in [0, 0.05) is 33.2 Å². The minimum Gasteiger partial charge on any atom is -0.333 e. The maximum Gasteiger partial charge on any atom is 0.224 e. The molecule has 1 aromatic rings. The van der Waals surface area contributed by atoms with Crippen LogP contribution in [0.25, 0.3) is 0 Å². The monoisotopic (exact) mass is 316 g/mol. The zero-order chi connectivity index (χ0) is 12.6. The molecule has 1 aromatic heterocycles. The van der Waals surface area contributed by atoms with Gasteiger partial charge in [-0.1, -0.05) is 6.92 Å². The first-order valence-electron chi connectivity index (χ1n) is 5.85. The Hall–Kier alpha value is -0.390. The summed E-state index contributed by atoms with van der Waals surface area (Å²) in [5.41, 5.74) is 6.11. The number of halogens is 1. The summed E-state index contributed by atoms with van der Waals surface area (Å²) < 4.78 is 1.11. The Morgan fingerprint density at radius 2 is 2.35 bits per heavy atom. The van der Waals surface area contributed by atoms with Gasteiger partial charge in [0.25, 0.3) is 0 Å². The molecule has 1 amide bonds. The fourth-order valence-corrected chi connectivity index (χ4v) is 4.06. The van der Waals surface area contributed by atoms with E-state index in [-0.39, 0.29) is 18.0 Å². The lowest BCUT2D eigenvalue weighted by Crippen LogP contribution is -2.33. The fourth-order valence-electron chi connectivity index (χ4n) is 2.31. The number of hydrogen-bond acceptors (Lipinski definition) is 3. The maximum atomic E-state index is 11.9. The Morgan fingerprint density at radius 3 is 2.88 bits per heavy atom. The van der Waals surface area contributed by atoms with Crippen LogP contribution in [0.1, 0.15) is 35.6 Å². The lowest BCUT2D eigenvalue weighted by atomic mass is 10.1. The van der Waals surface area contributed by atoms with Gasteiger partial charge in [0.1, 0.15) is 0 Å². The molecule has 2 unspecified atom stereocenters. The SMILES string of the molecule is CCCN1C(=O)CC(N)C1c1cc(Br)c(C)s1. The topological polar surface area (TPSA) is 46.3 Å². The van der Waals surface area contributed by atoms with E-state index in [0.717, 1.165) is 17.4 Å². The Balaban J connectivity index is 2.31. The fraction of sp³-hybridized carbons (Fsp3) is 0.583. The van der Waals surface area contributed by atoms with E-state index in [1.165, 1.54) is 9.75 Å². The molecule has 1 aliphatic heterocycles. The van der Waals surface area contributed by atoms with Crippen LogP contribution in [-0.2, 0) is 4.79 Å². The highest BCUT2D eigenvalue weighted by Crippen LogP contribution is 2.38. The second-order valence-corrected chi connectivity index (χ2v) is 6.60. The van der Waals surface area contributed by atoms with E-state index in [2.05, 4.69) is 35.8 Å². The van der Waals surface area contributed by atoms with Crippen molar-refractivity contribution in [1.29, 1.82) is 0 Å². The van der Waals surface area contributed by atoms with Gasteiger partial charge in [0.2, 0.25) is 5.91 Å². The van der Waals surface area contributed by atoms with Crippen LogP contribution in [0.15, 0.2) is 10.5 Å². The maximum absolute atomic E-state index is 11.9. The van der Waals surface area contributed by atoms with E-state index >= 15 is 0 Å². The van der Waals surface area contributed by atoms with Crippen LogP contribution in [-0.4, -0.2) is 23.4 Å². The van der Waals surface area contributed by atoms with Crippen molar-refractivity contribution in [2.24, 2.45) is 5.73 Å². The van der Waals surface area contributed by atoms with Crippen LogP contribution in [0.5, 0.6) is 0 Å². The molecule has 2 atom stereocenters. The molecule has 0 radical (unpaired) electrons. The first-order valence-corrected chi connectivity index (χ1v) is 7.46. The Morgan fingerprint density at radius 1 is 1.65 bits per heavy atom. The van der Waals surface area contributed by atoms with E-state index in [9.17, 15) is 4.79 Å². The first-order chi connectivity index (χ1) is 8.04. The summed E-state index contributed by atoms with van der Waals surface area (Å²) in [6.07, 6.45) is 1.44. The van der Waals surface area contributed by atoms with Gasteiger partial charge in [-0.25, -0.2) is 0 Å². The highest BCUT2D eigenvalue weighted by Gasteiger charge is 2.38. The minimum atomic E-state index is -0.0704. The van der Waals surface area contributed by atoms with Crippen LogP contribution < -0.4 is 5.73 Å². The molecule has 17 heavy (non-hydrogen) atoms. The van der Waals surface area contributed by atoms with E-state index in [1.807, 2.05) is 4.90 Å². The number of carbonyl (C=O) groups is 1. The molecule has 2 N–H and O–H groups in total. The summed E-state index contributed by atoms with van der Waals surface area (Å²) in [5.74, 6) is 0.187. The number of carbonyl (C=O) groups excluding carboxylic acids is 1. The minimum absolute atomic E-state index is 0.0671. The van der Waals surface area contributed by atoms with Crippen molar-refractivity contribution in [2.75, 3.05) is 6.54 Å². The van der Waals surface area contributed by atoms with Crippen LogP contribution in [0.3, 0.4) is 0 Å². The molecule has 0 aromatic carbocycles. The molecule has 0 saturated carbocycles. The van der Waals surface area contributed by atoms with Crippen molar-refractivity contribution < 1.29 is 4.79 Å². The van der Waals surface area contributed by atoms with Gasteiger partial charge < -0.3 is 10.6 Å². The van der Waals surface area contributed by atoms with Gasteiger partial charge in [-0.05, 0) is 35.3 Å². The molecule has 3 nitrogen and oxygen atoms in total. The van der Waals surface area contributed by atoms with Gasteiger partial charge in [-0.15, -0.1) is 11.3 Å². The number of amides is 1. The van der Waals surface area contributed by atoms with Crippen molar-refractivity contribution in [3.63, 3.8) is 0 Å². The normalized spacial score (nSPS) is 24.7. The highest BCUT2D eigenvalue weighted by atomic mass is 79.9. The summed E-state index contributed by atoms with van der Waals surface area (Å²) in [6, 6.07) is 2.10. The van der Waals surface area contributed by atoms with E-state index in [4.69, 9.17) is 5.73 Å². The molecule has 1 saturated heterocycles. The standard InChI is InChI=1S/C12H17BrN2OS/c1-3-4-15-11(16)6-9(14)12(15)10-5-8(13)7(2)17-10/h5,9,12H,3-4,6,14H2,1-2H3. The van der Waals surface area contributed by atoms with Crippen molar-refractivity contribution in [3.05, 3.63) is 20.3 Å². The molecule has 0 aliphatic carbocycles.